The van der Waals surface area contributed by atoms with Crippen molar-refractivity contribution in [3.8, 4) is 0 Å². The van der Waals surface area contributed by atoms with E-state index < -0.39 is 0 Å². The molecule has 2 aliphatic rings. The molecule has 0 bridgehead atoms. The Kier molecular flexibility index (Phi) is 1.53. The lowest BCUT2D eigenvalue weighted by atomic mass is 9.93. The fourth-order valence-corrected chi connectivity index (χ4v) is 3.01. The van der Waals surface area contributed by atoms with Gasteiger partial charge in [-0.3, -0.25) is 0 Å². The lowest BCUT2D eigenvalue weighted by Gasteiger charge is -2.54. The van der Waals surface area contributed by atoms with Gasteiger partial charge in [-0.25, -0.2) is 0 Å². The van der Waals surface area contributed by atoms with Crippen molar-refractivity contribution < 1.29 is 0 Å². The van der Waals surface area contributed by atoms with Crippen molar-refractivity contribution in [1.82, 2.24) is 4.90 Å². The van der Waals surface area contributed by atoms with E-state index in [-0.39, 0.29) is 5.54 Å². The van der Waals surface area contributed by atoms with Gasteiger partial charge in [0, 0.05) is 12.0 Å². The van der Waals surface area contributed by atoms with Crippen molar-refractivity contribution in [2.45, 2.75) is 17.8 Å². The molecule has 2 rings (SSSR count). The maximum absolute atomic E-state index is 5.98. The molecule has 2 nitrogen and oxygen atoms in total. The first-order valence-corrected chi connectivity index (χ1v) is 4.99. The molecular weight excluding hydrogens is 176 g/mol. The molecular formula is C7H10N2S2. The smallest absolute Gasteiger partial charge is 0.106 e. The first-order valence-electron chi connectivity index (χ1n) is 3.54. The molecule has 1 fully saturated rings. The van der Waals surface area contributed by atoms with E-state index in [0.717, 1.165) is 10.7 Å². The van der Waals surface area contributed by atoms with Gasteiger partial charge in [-0.2, -0.15) is 0 Å². The van der Waals surface area contributed by atoms with Crippen molar-refractivity contribution in [1.29, 1.82) is 0 Å². The Morgan fingerprint density at radius 1 is 1.91 bits per heavy atom. The van der Waals surface area contributed by atoms with Crippen LogP contribution in [0.25, 0.3) is 0 Å². The van der Waals surface area contributed by atoms with E-state index in [4.69, 9.17) is 18.0 Å². The maximum Gasteiger partial charge on any atom is 0.106 e. The molecule has 0 aromatic rings. The highest BCUT2D eigenvalue weighted by Gasteiger charge is 2.51. The maximum atomic E-state index is 5.98. The van der Waals surface area contributed by atoms with E-state index in [2.05, 4.69) is 11.0 Å². The molecule has 0 unspecified atom stereocenters. The lowest BCUT2D eigenvalue weighted by molar-refractivity contribution is 0.309. The van der Waals surface area contributed by atoms with Gasteiger partial charge in [-0.05, 0) is 6.92 Å². The second-order valence-electron chi connectivity index (χ2n) is 3.07. The Bertz CT molecular complexity index is 235. The first kappa shape index (κ1) is 7.58. The summed E-state index contributed by atoms with van der Waals surface area (Å²) >= 11 is 7.00. The third-order valence-electron chi connectivity index (χ3n) is 2.08. The lowest BCUT2D eigenvalue weighted by Crippen LogP contribution is -2.73. The number of hydrogen-bond acceptors (Lipinski definition) is 3. The first-order chi connectivity index (χ1) is 5.14. The molecule has 1 saturated heterocycles. The molecule has 0 aromatic carbocycles. The molecule has 0 radical (unpaired) electrons. The zero-order valence-electron chi connectivity index (χ0n) is 6.28. The van der Waals surface area contributed by atoms with Crippen LogP contribution in [0.2, 0.25) is 0 Å². The van der Waals surface area contributed by atoms with Gasteiger partial charge in [-0.15, -0.1) is 11.8 Å². The fraction of sp³-hybridized carbons (Fsp3) is 0.571. The Balaban J connectivity index is 2.26. The van der Waals surface area contributed by atoms with Gasteiger partial charge >= 0.3 is 0 Å². The predicted molar refractivity (Wildman–Crippen MR) is 52.4 cm³/mol. The molecule has 0 amide bonds. The van der Waals surface area contributed by atoms with Crippen LogP contribution >= 0.6 is 24.0 Å². The van der Waals surface area contributed by atoms with Crippen LogP contribution in [0.3, 0.4) is 0 Å². The third-order valence-corrected chi connectivity index (χ3v) is 4.15. The van der Waals surface area contributed by atoms with Crippen LogP contribution in [-0.4, -0.2) is 26.6 Å². The van der Waals surface area contributed by atoms with E-state index in [9.17, 15) is 0 Å². The molecule has 0 aliphatic carbocycles. The monoisotopic (exact) mass is 186 g/mol. The van der Waals surface area contributed by atoms with Crippen molar-refractivity contribution in [2.75, 3.05) is 5.75 Å². The molecule has 60 valence electrons. The highest BCUT2D eigenvalue weighted by Crippen LogP contribution is 2.40. The van der Waals surface area contributed by atoms with Crippen LogP contribution in [-0.2, 0) is 0 Å². The van der Waals surface area contributed by atoms with E-state index in [1.54, 1.807) is 0 Å². The average molecular weight is 186 g/mol. The van der Waals surface area contributed by atoms with Crippen molar-refractivity contribution in [2.24, 2.45) is 5.73 Å². The molecule has 0 saturated carbocycles. The zero-order valence-corrected chi connectivity index (χ0v) is 7.91. The van der Waals surface area contributed by atoms with Crippen molar-refractivity contribution >= 4 is 29.0 Å². The predicted octanol–water partition coefficient (Wildman–Crippen LogP) is 0.933. The summed E-state index contributed by atoms with van der Waals surface area (Å²) in [7, 11) is 0. The highest BCUT2D eigenvalue weighted by molar-refractivity contribution is 8.00. The largest absolute Gasteiger partial charge is 0.326 e. The molecule has 2 heterocycles. The second kappa shape index (κ2) is 2.21. The normalized spacial score (nSPS) is 41.8. The van der Waals surface area contributed by atoms with Crippen LogP contribution in [0.1, 0.15) is 6.92 Å². The Morgan fingerprint density at radius 2 is 2.64 bits per heavy atom. The van der Waals surface area contributed by atoms with Crippen LogP contribution in [0.15, 0.2) is 12.3 Å². The van der Waals surface area contributed by atoms with Gasteiger partial charge in [0.25, 0.3) is 0 Å². The van der Waals surface area contributed by atoms with Gasteiger partial charge in [0.1, 0.15) is 10.4 Å². The molecule has 2 atom stereocenters. The fourth-order valence-electron chi connectivity index (χ4n) is 1.42. The minimum atomic E-state index is -0.259. The number of fused-ring (bicyclic) bond motifs is 1. The molecule has 0 spiro atoms. The zero-order chi connectivity index (χ0) is 8.06. The minimum absolute atomic E-state index is 0.259. The van der Waals surface area contributed by atoms with Crippen molar-refractivity contribution in [3.63, 3.8) is 0 Å². The topological polar surface area (TPSA) is 29.3 Å². The summed E-state index contributed by atoms with van der Waals surface area (Å²) in [6, 6.07) is 0. The third kappa shape index (κ3) is 0.863. The summed E-state index contributed by atoms with van der Waals surface area (Å²) in [5, 5.41) is 0.375. The second-order valence-corrected chi connectivity index (χ2v) is 4.57. The summed E-state index contributed by atoms with van der Waals surface area (Å²) in [5.41, 5.74) is 5.72. The van der Waals surface area contributed by atoms with Gasteiger partial charge < -0.3 is 10.6 Å². The summed E-state index contributed by atoms with van der Waals surface area (Å²) in [6.07, 6.45) is 4.15. The van der Waals surface area contributed by atoms with Gasteiger partial charge in [0.05, 0.1) is 5.54 Å². The summed E-state index contributed by atoms with van der Waals surface area (Å²) in [4.78, 5) is 2.94. The number of nitrogens with two attached hydrogens (primary N) is 1. The highest BCUT2D eigenvalue weighted by atomic mass is 32.2. The molecule has 2 aliphatic heterocycles. The standard InChI is InChI=1S/C7H10N2S2/c1-7(8)5(10)9-3-2-4-11-6(7)9/h2-3,6H,4,8H2,1H3/t6-,7+/m0/s1. The molecule has 11 heavy (non-hydrogen) atoms. The van der Waals surface area contributed by atoms with E-state index in [0.29, 0.717) is 5.37 Å². The van der Waals surface area contributed by atoms with Crippen LogP contribution in [0, 0.1) is 0 Å². The number of rotatable bonds is 0. The van der Waals surface area contributed by atoms with E-state index >= 15 is 0 Å². The minimum Gasteiger partial charge on any atom is -0.326 e. The number of thiocarbonyl (C=S) groups is 1. The van der Waals surface area contributed by atoms with Crippen LogP contribution in [0.4, 0.5) is 0 Å². The Morgan fingerprint density at radius 3 is 3.27 bits per heavy atom. The SMILES string of the molecule is C[C@@]1(N)C(=S)N2C=CCS[C@H]21. The van der Waals surface area contributed by atoms with E-state index in [1.807, 2.05) is 24.9 Å². The summed E-state index contributed by atoms with van der Waals surface area (Å²) in [6.45, 7) is 2.00. The van der Waals surface area contributed by atoms with Crippen LogP contribution in [0.5, 0.6) is 0 Å². The molecule has 4 heteroatoms. The molecule has 2 N–H and O–H groups in total. The molecule has 0 aromatic heterocycles. The number of thioether (sulfide) groups is 1. The van der Waals surface area contributed by atoms with Gasteiger partial charge in [0.15, 0.2) is 0 Å². The Hall–Kier alpha value is -0.0600. The van der Waals surface area contributed by atoms with Crippen LogP contribution < -0.4 is 5.73 Å². The van der Waals surface area contributed by atoms with Gasteiger partial charge in [-0.1, -0.05) is 18.3 Å². The Labute approximate surface area is 75.8 Å². The number of hydrogen-bond donors (Lipinski definition) is 1. The van der Waals surface area contributed by atoms with Crippen molar-refractivity contribution in [3.05, 3.63) is 12.3 Å². The number of nitrogens with zero attached hydrogens (tertiary/aromatic N) is 1. The van der Waals surface area contributed by atoms with E-state index in [1.165, 1.54) is 0 Å². The van der Waals surface area contributed by atoms with Gasteiger partial charge in [0.2, 0.25) is 0 Å². The summed E-state index contributed by atoms with van der Waals surface area (Å²) < 4.78 is 0. The average Bonchev–Trinajstić information content (AvgIpc) is 2.04. The summed E-state index contributed by atoms with van der Waals surface area (Å²) in [5.74, 6) is 1.05. The quantitative estimate of drug-likeness (QED) is 0.570.